The van der Waals surface area contributed by atoms with Crippen molar-refractivity contribution in [2.24, 2.45) is 11.8 Å². The van der Waals surface area contributed by atoms with Gasteiger partial charge in [0.25, 0.3) is 0 Å². The van der Waals surface area contributed by atoms with Crippen LogP contribution in [0.15, 0.2) is 95.9 Å². The van der Waals surface area contributed by atoms with Crippen LogP contribution < -0.4 is 15.4 Å². The van der Waals surface area contributed by atoms with E-state index in [0.29, 0.717) is 34.2 Å². The Hall–Kier alpha value is -3.72. The smallest absolute Gasteiger partial charge is 0.241 e. The van der Waals surface area contributed by atoms with E-state index >= 15 is 0 Å². The van der Waals surface area contributed by atoms with Crippen LogP contribution in [0.5, 0.6) is 0 Å². The summed E-state index contributed by atoms with van der Waals surface area (Å²) in [4.78, 5) is 9.86. The third kappa shape index (κ3) is 6.45. The van der Waals surface area contributed by atoms with Crippen molar-refractivity contribution in [3.63, 3.8) is 0 Å². The van der Waals surface area contributed by atoms with Gasteiger partial charge in [0.05, 0.1) is 10.4 Å². The molecule has 0 atom stereocenters. The van der Waals surface area contributed by atoms with Crippen LogP contribution in [0.3, 0.4) is 0 Å². The first kappa shape index (κ1) is 27.4. The van der Waals surface area contributed by atoms with E-state index in [2.05, 4.69) is 15.4 Å². The van der Waals surface area contributed by atoms with Crippen LogP contribution in [0, 0.1) is 11.8 Å². The lowest BCUT2D eigenvalue weighted by molar-refractivity contribution is 0.284. The summed E-state index contributed by atoms with van der Waals surface area (Å²) in [5, 5.41) is 10.2. The van der Waals surface area contributed by atoms with Crippen molar-refractivity contribution in [3.8, 4) is 0 Å². The number of aromatic nitrogens is 2. The summed E-state index contributed by atoms with van der Waals surface area (Å²) < 4.78 is 29.1. The number of hydrogen-bond donors (Lipinski definition) is 3. The number of hydrogen-bond acceptors (Lipinski definition) is 6. The first-order chi connectivity index (χ1) is 19.9. The number of fused-ring (bicyclic) bond motifs is 2. The molecule has 3 N–H and O–H groups in total. The molecule has 0 saturated heterocycles. The number of halogens is 1. The molecule has 1 heterocycles. The first-order valence-corrected chi connectivity index (χ1v) is 15.8. The number of benzene rings is 4. The number of anilines is 3. The number of sulfonamides is 1. The molecule has 7 nitrogen and oxygen atoms in total. The molecule has 0 aliphatic heterocycles. The molecule has 6 rings (SSSR count). The van der Waals surface area contributed by atoms with Gasteiger partial charge in [-0.1, -0.05) is 60.1 Å². The number of para-hydroxylation sites is 1. The second kappa shape index (κ2) is 12.0. The van der Waals surface area contributed by atoms with E-state index in [1.807, 2.05) is 78.9 Å². The lowest BCUT2D eigenvalue weighted by atomic mass is 9.82. The standard InChI is InChI=1S/C32H32ClN5O2S/c33-25-16-18-26(19-17-25)36-31-28-9-3-4-10-29(28)37-32(38-31)34-20-22-12-14-23(15-13-22)21-35-41(39,40)30-11-5-7-24-6-1-2-8-27(24)30/h1-11,16-19,22-23,35H,12-15,20-21H2,(H2,34,36,37,38). The van der Waals surface area contributed by atoms with Crippen LogP contribution in [-0.2, 0) is 10.0 Å². The Labute approximate surface area is 245 Å². The van der Waals surface area contributed by atoms with Gasteiger partial charge in [-0.05, 0) is 85.4 Å². The van der Waals surface area contributed by atoms with Gasteiger partial charge in [0.15, 0.2) is 0 Å². The van der Waals surface area contributed by atoms with Gasteiger partial charge in [0.1, 0.15) is 5.82 Å². The molecule has 4 aromatic carbocycles. The van der Waals surface area contributed by atoms with Crippen LogP contribution in [-0.4, -0.2) is 31.5 Å². The number of nitrogens with zero attached hydrogens (tertiary/aromatic N) is 2. The minimum atomic E-state index is -3.58. The lowest BCUT2D eigenvalue weighted by Crippen LogP contribution is -2.32. The maximum absolute atomic E-state index is 13.1. The third-order valence-electron chi connectivity index (χ3n) is 7.83. The highest BCUT2D eigenvalue weighted by atomic mass is 35.5. The molecule has 210 valence electrons. The fourth-order valence-corrected chi connectivity index (χ4v) is 7.00. The van der Waals surface area contributed by atoms with E-state index < -0.39 is 10.0 Å². The Morgan fingerprint density at radius 1 is 0.732 bits per heavy atom. The average molecular weight is 586 g/mol. The van der Waals surface area contributed by atoms with E-state index in [9.17, 15) is 8.42 Å². The molecule has 9 heteroatoms. The number of rotatable bonds is 9. The van der Waals surface area contributed by atoms with Crippen LogP contribution in [0.25, 0.3) is 21.7 Å². The van der Waals surface area contributed by atoms with E-state index in [-0.39, 0.29) is 0 Å². The van der Waals surface area contributed by atoms with Gasteiger partial charge >= 0.3 is 0 Å². The third-order valence-corrected chi connectivity index (χ3v) is 9.56. The van der Waals surface area contributed by atoms with Crippen LogP contribution in [0.4, 0.5) is 17.5 Å². The van der Waals surface area contributed by atoms with Gasteiger partial charge in [0, 0.05) is 34.6 Å². The van der Waals surface area contributed by atoms with Crippen molar-refractivity contribution >= 4 is 60.8 Å². The number of nitrogens with one attached hydrogen (secondary N) is 3. The predicted molar refractivity (Wildman–Crippen MR) is 167 cm³/mol. The van der Waals surface area contributed by atoms with Gasteiger partial charge in [-0.25, -0.2) is 18.1 Å². The molecular weight excluding hydrogens is 554 g/mol. The maximum Gasteiger partial charge on any atom is 0.241 e. The Morgan fingerprint density at radius 2 is 1.39 bits per heavy atom. The van der Waals surface area contributed by atoms with Crippen LogP contribution in [0.1, 0.15) is 25.7 Å². The molecule has 41 heavy (non-hydrogen) atoms. The molecule has 1 saturated carbocycles. The molecule has 0 unspecified atom stereocenters. The summed E-state index contributed by atoms with van der Waals surface area (Å²) in [7, 11) is -3.58. The molecule has 1 aromatic heterocycles. The second-order valence-corrected chi connectivity index (χ2v) is 12.8. The van der Waals surface area contributed by atoms with Crippen molar-refractivity contribution in [1.29, 1.82) is 0 Å². The van der Waals surface area contributed by atoms with Crippen molar-refractivity contribution in [2.45, 2.75) is 30.6 Å². The monoisotopic (exact) mass is 585 g/mol. The summed E-state index contributed by atoms with van der Waals surface area (Å²) in [6.45, 7) is 1.23. The topological polar surface area (TPSA) is 96.0 Å². The Kier molecular flexibility index (Phi) is 8.05. The normalized spacial score (nSPS) is 17.5. The molecule has 0 spiro atoms. The first-order valence-electron chi connectivity index (χ1n) is 14.0. The Bertz CT molecular complexity index is 1770. The highest BCUT2D eigenvalue weighted by molar-refractivity contribution is 7.89. The fraction of sp³-hybridized carbons (Fsp3) is 0.250. The molecule has 1 aliphatic rings. The summed E-state index contributed by atoms with van der Waals surface area (Å²) in [5.41, 5.74) is 1.77. The van der Waals surface area contributed by atoms with Crippen molar-refractivity contribution in [2.75, 3.05) is 23.7 Å². The largest absolute Gasteiger partial charge is 0.354 e. The van der Waals surface area contributed by atoms with Gasteiger partial charge in [-0.2, -0.15) is 4.98 Å². The maximum atomic E-state index is 13.1. The Balaban J connectivity index is 1.05. The average Bonchev–Trinajstić information content (AvgIpc) is 3.00. The summed E-state index contributed by atoms with van der Waals surface area (Å²) in [6, 6.07) is 28.5. The molecule has 0 amide bonds. The summed E-state index contributed by atoms with van der Waals surface area (Å²) >= 11 is 6.05. The van der Waals surface area contributed by atoms with E-state index in [1.165, 1.54) is 0 Å². The van der Waals surface area contributed by atoms with Gasteiger partial charge in [0.2, 0.25) is 16.0 Å². The second-order valence-electron chi connectivity index (χ2n) is 10.6. The Morgan fingerprint density at radius 3 is 2.17 bits per heavy atom. The highest BCUT2D eigenvalue weighted by Crippen LogP contribution is 2.30. The quantitative estimate of drug-likeness (QED) is 0.167. The molecular formula is C32H32ClN5O2S. The minimum Gasteiger partial charge on any atom is -0.354 e. The minimum absolute atomic E-state index is 0.322. The van der Waals surface area contributed by atoms with Crippen LogP contribution in [0.2, 0.25) is 5.02 Å². The summed E-state index contributed by atoms with van der Waals surface area (Å²) in [6.07, 6.45) is 4.01. The fourth-order valence-electron chi connectivity index (χ4n) is 5.53. The SMILES string of the molecule is O=S(=O)(NCC1CCC(CNc2nc(Nc3ccc(Cl)cc3)c3ccccc3n2)CC1)c1cccc2ccccc12. The molecule has 0 bridgehead atoms. The van der Waals surface area contributed by atoms with Crippen molar-refractivity contribution < 1.29 is 8.42 Å². The van der Waals surface area contributed by atoms with Gasteiger partial charge < -0.3 is 10.6 Å². The molecule has 0 radical (unpaired) electrons. The zero-order valence-electron chi connectivity index (χ0n) is 22.6. The zero-order valence-corrected chi connectivity index (χ0v) is 24.1. The van der Waals surface area contributed by atoms with Crippen molar-refractivity contribution in [3.05, 3.63) is 96.0 Å². The van der Waals surface area contributed by atoms with Gasteiger partial charge in [-0.15, -0.1) is 0 Å². The van der Waals surface area contributed by atoms with E-state index in [4.69, 9.17) is 21.6 Å². The molecule has 1 fully saturated rings. The van der Waals surface area contributed by atoms with E-state index in [1.54, 1.807) is 12.1 Å². The molecule has 1 aliphatic carbocycles. The highest BCUT2D eigenvalue weighted by Gasteiger charge is 2.24. The van der Waals surface area contributed by atoms with Gasteiger partial charge in [-0.3, -0.25) is 0 Å². The lowest BCUT2D eigenvalue weighted by Gasteiger charge is -2.28. The summed E-state index contributed by atoms with van der Waals surface area (Å²) in [5.74, 6) is 2.12. The predicted octanol–water partition coefficient (Wildman–Crippen LogP) is 7.38. The van der Waals surface area contributed by atoms with E-state index in [0.717, 1.165) is 65.4 Å². The zero-order chi connectivity index (χ0) is 28.2. The molecule has 5 aromatic rings. The van der Waals surface area contributed by atoms with Crippen LogP contribution >= 0.6 is 11.6 Å². The van der Waals surface area contributed by atoms with Crippen molar-refractivity contribution in [1.82, 2.24) is 14.7 Å².